The molecule has 0 aliphatic heterocycles. The van der Waals surface area contributed by atoms with Gasteiger partial charge < -0.3 is 11.0 Å². The first-order valence-corrected chi connectivity index (χ1v) is 1.22. The van der Waals surface area contributed by atoms with Gasteiger partial charge in [-0.25, -0.2) is 0 Å². The summed E-state index contributed by atoms with van der Waals surface area (Å²) in [5.74, 6) is 0. The molecule has 0 N–H and O–H groups in total. The van der Waals surface area contributed by atoms with Gasteiger partial charge in [-0.05, 0) is 0 Å². The van der Waals surface area contributed by atoms with E-state index in [4.69, 9.17) is 8.92 Å². The molecular weight excluding hydrogens is 271 g/mol. The zero-order valence-electron chi connectivity index (χ0n) is 2.63. The Labute approximate surface area is 55.3 Å². The summed E-state index contributed by atoms with van der Waals surface area (Å²) < 4.78 is 16.8. The van der Waals surface area contributed by atoms with Gasteiger partial charge in [0.25, 0.3) is 0 Å². The summed E-state index contributed by atoms with van der Waals surface area (Å²) in [6.07, 6.45) is 0. The topological polar surface area (TPSA) is 91.1 Å². The standard InChI is InChI=1S/Hf.O2Si.2O/c;1-3-2;;/q+4;;2*-2. The summed E-state index contributed by atoms with van der Waals surface area (Å²) in [7, 11) is -1.42. The van der Waals surface area contributed by atoms with Crippen LogP contribution in [0.4, 0.5) is 0 Å². The first kappa shape index (κ1) is 30.6. The van der Waals surface area contributed by atoms with Crippen molar-refractivity contribution in [2.45, 2.75) is 0 Å². The zero-order chi connectivity index (χ0) is 2.71. The molecule has 0 aromatic rings. The van der Waals surface area contributed by atoms with Crippen molar-refractivity contribution in [3.05, 3.63) is 0 Å². The Kier molecular flexibility index (Phi) is 235. The van der Waals surface area contributed by atoms with Crippen molar-refractivity contribution in [1.82, 2.24) is 0 Å². The van der Waals surface area contributed by atoms with E-state index in [-0.39, 0.29) is 36.8 Å². The van der Waals surface area contributed by atoms with Gasteiger partial charge in [0.1, 0.15) is 0 Å². The normalized spacial score (nSPS) is 1.33. The molecule has 0 aliphatic carbocycles. The molecule has 6 heteroatoms. The molecule has 0 aliphatic rings. The molecule has 32 valence electrons. The van der Waals surface area contributed by atoms with E-state index in [0.717, 1.165) is 0 Å². The number of hydrogen-bond acceptors (Lipinski definition) is 2. The van der Waals surface area contributed by atoms with Gasteiger partial charge >= 0.3 is 35.1 Å². The van der Waals surface area contributed by atoms with Gasteiger partial charge in [-0.1, -0.05) is 0 Å². The molecule has 0 spiro atoms. The van der Waals surface area contributed by atoms with Crippen molar-refractivity contribution >= 4 is 9.29 Å². The second-order valence-electron chi connectivity index (χ2n) is 0.0833. The van der Waals surface area contributed by atoms with Crippen LogP contribution in [0, 0.1) is 0 Å². The minimum absolute atomic E-state index is 0. The average Bonchev–Trinajstić information content (AvgIpc) is 0.918. The van der Waals surface area contributed by atoms with Crippen LogP contribution in [-0.4, -0.2) is 9.29 Å². The Morgan fingerprint density at radius 3 is 1.00 bits per heavy atom. The smallest absolute Gasteiger partial charge is 2.00 e. The maximum atomic E-state index is 8.40. The molecular formula is HfO4Si. The molecule has 4 nitrogen and oxygen atoms in total. The van der Waals surface area contributed by atoms with Crippen molar-refractivity contribution < 1.29 is 45.7 Å². The van der Waals surface area contributed by atoms with Gasteiger partial charge in [0.15, 0.2) is 0 Å². The van der Waals surface area contributed by atoms with Crippen molar-refractivity contribution in [2.24, 2.45) is 0 Å². The van der Waals surface area contributed by atoms with Crippen LogP contribution in [0.25, 0.3) is 0 Å². The molecule has 0 bridgehead atoms. The summed E-state index contributed by atoms with van der Waals surface area (Å²) in [5, 5.41) is 0. The minimum atomic E-state index is -1.42. The van der Waals surface area contributed by atoms with Crippen LogP contribution < -0.4 is 0 Å². The minimum Gasteiger partial charge on any atom is -2.00 e. The molecule has 0 rings (SSSR count). The van der Waals surface area contributed by atoms with E-state index in [1.54, 1.807) is 0 Å². The van der Waals surface area contributed by atoms with Crippen LogP contribution in [0.15, 0.2) is 0 Å². The molecule has 6 heavy (non-hydrogen) atoms. The molecule has 0 heterocycles. The third kappa shape index (κ3) is 163. The molecule has 0 saturated carbocycles. The summed E-state index contributed by atoms with van der Waals surface area (Å²) in [5.41, 5.74) is 0. The fraction of sp³-hybridized carbons (Fsp3) is 0. The third-order valence-corrected chi connectivity index (χ3v) is 0. The quantitative estimate of drug-likeness (QED) is 0.536. The van der Waals surface area contributed by atoms with E-state index in [1.165, 1.54) is 0 Å². The first-order chi connectivity index (χ1) is 1.41. The fourth-order valence-electron chi connectivity index (χ4n) is 0. The number of rotatable bonds is 0. The molecule has 0 saturated heterocycles. The Balaban J connectivity index is -0.00000000667. The molecule has 0 radical (unpaired) electrons. The Morgan fingerprint density at radius 1 is 1.00 bits per heavy atom. The van der Waals surface area contributed by atoms with E-state index in [0.29, 0.717) is 0 Å². The van der Waals surface area contributed by atoms with Crippen molar-refractivity contribution in [2.75, 3.05) is 0 Å². The summed E-state index contributed by atoms with van der Waals surface area (Å²) in [6.45, 7) is 0. The van der Waals surface area contributed by atoms with Crippen LogP contribution in [0.1, 0.15) is 0 Å². The van der Waals surface area contributed by atoms with Gasteiger partial charge in [0.2, 0.25) is 0 Å². The second-order valence-corrected chi connectivity index (χ2v) is 0.250. The summed E-state index contributed by atoms with van der Waals surface area (Å²) in [4.78, 5) is 0. The molecule has 0 aromatic heterocycles. The van der Waals surface area contributed by atoms with Crippen LogP contribution in [-0.2, 0) is 45.7 Å². The second kappa shape index (κ2) is 46.1. The maximum absolute atomic E-state index is 8.40. The maximum Gasteiger partial charge on any atom is 4.00 e. The van der Waals surface area contributed by atoms with Crippen LogP contribution in [0.3, 0.4) is 0 Å². The Hall–Kier alpha value is 0.607. The van der Waals surface area contributed by atoms with E-state index < -0.39 is 9.29 Å². The third-order valence-electron chi connectivity index (χ3n) is 0. The van der Waals surface area contributed by atoms with Crippen LogP contribution in [0.2, 0.25) is 0 Å². The Bertz CT molecular complexity index is 28.5. The average molecular weight is 271 g/mol. The zero-order valence-corrected chi connectivity index (χ0v) is 7.23. The van der Waals surface area contributed by atoms with Crippen LogP contribution >= 0.6 is 0 Å². The molecule has 0 aromatic carbocycles. The van der Waals surface area contributed by atoms with Gasteiger partial charge in [0, 0.05) is 0 Å². The first-order valence-electron chi connectivity index (χ1n) is 0.408. The molecule has 0 amide bonds. The van der Waals surface area contributed by atoms with E-state index in [1.807, 2.05) is 0 Å². The summed E-state index contributed by atoms with van der Waals surface area (Å²) in [6, 6.07) is 0. The van der Waals surface area contributed by atoms with Crippen molar-refractivity contribution in [1.29, 1.82) is 0 Å². The van der Waals surface area contributed by atoms with Crippen molar-refractivity contribution in [3.63, 3.8) is 0 Å². The van der Waals surface area contributed by atoms with E-state index in [2.05, 4.69) is 0 Å². The van der Waals surface area contributed by atoms with Crippen LogP contribution in [0.5, 0.6) is 0 Å². The largest absolute Gasteiger partial charge is 4.00 e. The SMILES string of the molecule is O=[Si]=O.[Hf+4].[O-2].[O-2]. The van der Waals surface area contributed by atoms with Gasteiger partial charge in [-0.3, -0.25) is 8.92 Å². The summed E-state index contributed by atoms with van der Waals surface area (Å²) >= 11 is 0. The van der Waals surface area contributed by atoms with E-state index >= 15 is 0 Å². The molecule has 0 fully saturated rings. The van der Waals surface area contributed by atoms with Gasteiger partial charge in [0.05, 0.1) is 0 Å². The van der Waals surface area contributed by atoms with E-state index in [9.17, 15) is 0 Å². The van der Waals surface area contributed by atoms with Crippen molar-refractivity contribution in [3.8, 4) is 0 Å². The van der Waals surface area contributed by atoms with Gasteiger partial charge in [-0.2, -0.15) is 0 Å². The predicted molar refractivity (Wildman–Crippen MR) is 8.50 cm³/mol. The Morgan fingerprint density at radius 2 is 1.00 bits per heavy atom. The monoisotopic (exact) mass is 272 g/mol. The molecule has 0 unspecified atom stereocenters. The fourth-order valence-corrected chi connectivity index (χ4v) is 0. The predicted octanol–water partition coefficient (Wildman–Crippen LogP) is -0.859. The van der Waals surface area contributed by atoms with Gasteiger partial charge in [-0.15, -0.1) is 0 Å². The molecule has 0 atom stereocenters. The number of hydrogen-bond donors (Lipinski definition) is 0.